The van der Waals surface area contributed by atoms with Crippen molar-refractivity contribution in [3.8, 4) is 17.1 Å². The van der Waals surface area contributed by atoms with Gasteiger partial charge in [0.25, 0.3) is 0 Å². The van der Waals surface area contributed by atoms with E-state index >= 15 is 0 Å². The van der Waals surface area contributed by atoms with Gasteiger partial charge >= 0.3 is 0 Å². The van der Waals surface area contributed by atoms with Gasteiger partial charge in [-0.05, 0) is 50.1 Å². The first kappa shape index (κ1) is 20.5. The van der Waals surface area contributed by atoms with Gasteiger partial charge in [0.2, 0.25) is 0 Å². The highest BCUT2D eigenvalue weighted by molar-refractivity contribution is 5.80. The molecular formula is C24H28N4O. The number of aromatic nitrogens is 2. The Morgan fingerprint density at radius 1 is 0.966 bits per heavy atom. The fourth-order valence-electron chi connectivity index (χ4n) is 2.81. The fraction of sp³-hybridized carbons (Fsp3) is 0.292. The Labute approximate surface area is 172 Å². The lowest BCUT2D eigenvalue weighted by Crippen LogP contribution is -2.03. The van der Waals surface area contributed by atoms with Gasteiger partial charge in [0.1, 0.15) is 5.75 Å². The molecule has 0 bridgehead atoms. The highest BCUT2D eigenvalue weighted by Crippen LogP contribution is 2.21. The van der Waals surface area contributed by atoms with Crippen molar-refractivity contribution in [2.75, 3.05) is 12.0 Å². The van der Waals surface area contributed by atoms with E-state index in [1.807, 2.05) is 68.4 Å². The van der Waals surface area contributed by atoms with Crippen LogP contribution in [-0.2, 0) is 0 Å². The van der Waals surface area contributed by atoms with Crippen LogP contribution in [0, 0.1) is 13.8 Å². The summed E-state index contributed by atoms with van der Waals surface area (Å²) in [7, 11) is 0. The number of hydrazone groups is 1. The molecule has 0 saturated heterocycles. The van der Waals surface area contributed by atoms with Gasteiger partial charge in [-0.25, -0.2) is 9.97 Å². The van der Waals surface area contributed by atoms with E-state index in [-0.39, 0.29) is 0 Å². The molecule has 1 aromatic heterocycles. The van der Waals surface area contributed by atoms with Crippen molar-refractivity contribution in [2.24, 2.45) is 5.10 Å². The maximum absolute atomic E-state index is 5.74. The third-order valence-electron chi connectivity index (χ3n) is 4.70. The summed E-state index contributed by atoms with van der Waals surface area (Å²) in [6.07, 6.45) is 5.26. The summed E-state index contributed by atoms with van der Waals surface area (Å²) in [5.74, 6) is 2.29. The summed E-state index contributed by atoms with van der Waals surface area (Å²) in [5, 5.41) is 4.36. The molecule has 0 amide bonds. The van der Waals surface area contributed by atoms with Crippen molar-refractivity contribution in [3.05, 3.63) is 71.4 Å². The van der Waals surface area contributed by atoms with Crippen molar-refractivity contribution < 1.29 is 4.74 Å². The second kappa shape index (κ2) is 10.4. The largest absolute Gasteiger partial charge is 0.494 e. The Hall–Kier alpha value is -3.21. The Morgan fingerprint density at radius 2 is 1.72 bits per heavy atom. The number of anilines is 1. The Kier molecular flexibility index (Phi) is 7.34. The molecule has 5 heteroatoms. The zero-order valence-corrected chi connectivity index (χ0v) is 17.4. The maximum Gasteiger partial charge on any atom is 0.161 e. The van der Waals surface area contributed by atoms with Crippen LogP contribution in [0.1, 0.15) is 43.0 Å². The van der Waals surface area contributed by atoms with Crippen molar-refractivity contribution in [1.29, 1.82) is 0 Å². The van der Waals surface area contributed by atoms with E-state index in [1.54, 1.807) is 6.21 Å². The van der Waals surface area contributed by atoms with Gasteiger partial charge in [-0.3, -0.25) is 5.43 Å². The lowest BCUT2D eigenvalue weighted by atomic mass is 10.2. The normalized spacial score (nSPS) is 11.0. The average molecular weight is 389 g/mol. The molecule has 0 fully saturated rings. The number of nitrogens with one attached hydrogen (secondary N) is 1. The molecule has 1 heterocycles. The van der Waals surface area contributed by atoms with Gasteiger partial charge in [0, 0.05) is 16.8 Å². The average Bonchev–Trinajstić information content (AvgIpc) is 2.76. The van der Waals surface area contributed by atoms with Crippen LogP contribution in [-0.4, -0.2) is 22.8 Å². The van der Waals surface area contributed by atoms with Crippen molar-refractivity contribution in [3.63, 3.8) is 0 Å². The first-order chi connectivity index (χ1) is 14.2. The standard InChI is InChI=1S/C24H28N4O/c1-4-5-9-16-29-22-14-12-20(13-15-22)17-25-28-23-18(2)19(3)26-24(27-23)21-10-7-6-8-11-21/h6-8,10-15,17H,4-5,9,16H2,1-3H3,(H,26,27,28). The molecule has 29 heavy (non-hydrogen) atoms. The molecule has 150 valence electrons. The predicted octanol–water partition coefficient (Wildman–Crippen LogP) is 5.78. The number of hydrogen-bond donors (Lipinski definition) is 1. The van der Waals surface area contributed by atoms with Crippen LogP contribution in [0.25, 0.3) is 11.4 Å². The van der Waals surface area contributed by atoms with Crippen molar-refractivity contribution >= 4 is 12.0 Å². The number of nitrogens with zero attached hydrogens (tertiary/aromatic N) is 3. The minimum atomic E-state index is 0.691. The van der Waals surface area contributed by atoms with Gasteiger partial charge in [0.15, 0.2) is 11.6 Å². The number of rotatable bonds is 9. The van der Waals surface area contributed by atoms with E-state index in [0.29, 0.717) is 11.6 Å². The predicted molar refractivity (Wildman–Crippen MR) is 120 cm³/mol. The van der Waals surface area contributed by atoms with Crippen LogP contribution in [0.5, 0.6) is 5.75 Å². The number of unbranched alkanes of at least 4 members (excludes halogenated alkanes) is 2. The highest BCUT2D eigenvalue weighted by atomic mass is 16.5. The van der Waals surface area contributed by atoms with Crippen LogP contribution in [0.3, 0.4) is 0 Å². The molecule has 0 spiro atoms. The molecule has 0 radical (unpaired) electrons. The molecule has 0 unspecified atom stereocenters. The Bertz CT molecular complexity index is 937. The number of benzene rings is 2. The quantitative estimate of drug-likeness (QED) is 0.287. The zero-order valence-electron chi connectivity index (χ0n) is 17.4. The minimum Gasteiger partial charge on any atom is -0.494 e. The number of hydrogen-bond acceptors (Lipinski definition) is 5. The summed E-state index contributed by atoms with van der Waals surface area (Å²) in [6, 6.07) is 17.9. The third kappa shape index (κ3) is 5.88. The summed E-state index contributed by atoms with van der Waals surface area (Å²) in [4.78, 5) is 9.24. The third-order valence-corrected chi connectivity index (χ3v) is 4.70. The zero-order chi connectivity index (χ0) is 20.5. The molecule has 3 rings (SSSR count). The van der Waals surface area contributed by atoms with Gasteiger partial charge in [0.05, 0.1) is 12.8 Å². The molecule has 5 nitrogen and oxygen atoms in total. The molecule has 1 N–H and O–H groups in total. The summed E-state index contributed by atoms with van der Waals surface area (Å²) in [6.45, 7) is 6.93. The Morgan fingerprint density at radius 3 is 2.45 bits per heavy atom. The van der Waals surface area contributed by atoms with Crippen molar-refractivity contribution in [2.45, 2.75) is 40.0 Å². The smallest absolute Gasteiger partial charge is 0.161 e. The molecule has 2 aromatic carbocycles. The SMILES string of the molecule is CCCCCOc1ccc(C=NNc2nc(-c3ccccc3)nc(C)c2C)cc1. The van der Waals surface area contributed by atoms with Gasteiger partial charge < -0.3 is 4.74 Å². The van der Waals surface area contributed by atoms with Crippen LogP contribution >= 0.6 is 0 Å². The fourth-order valence-corrected chi connectivity index (χ4v) is 2.81. The monoisotopic (exact) mass is 388 g/mol. The summed E-state index contributed by atoms with van der Waals surface area (Å²) in [5.41, 5.74) is 6.95. The van der Waals surface area contributed by atoms with E-state index in [0.717, 1.165) is 41.2 Å². The van der Waals surface area contributed by atoms with E-state index in [2.05, 4.69) is 27.4 Å². The second-order valence-corrected chi connectivity index (χ2v) is 6.97. The van der Waals surface area contributed by atoms with E-state index in [9.17, 15) is 0 Å². The maximum atomic E-state index is 5.74. The van der Waals surface area contributed by atoms with Gasteiger partial charge in [-0.15, -0.1) is 0 Å². The number of aryl methyl sites for hydroxylation is 1. The van der Waals surface area contributed by atoms with Crippen LogP contribution in [0.4, 0.5) is 5.82 Å². The van der Waals surface area contributed by atoms with Gasteiger partial charge in [-0.1, -0.05) is 50.1 Å². The molecular weight excluding hydrogens is 360 g/mol. The molecule has 3 aromatic rings. The first-order valence-corrected chi connectivity index (χ1v) is 10.1. The van der Waals surface area contributed by atoms with E-state index < -0.39 is 0 Å². The summed E-state index contributed by atoms with van der Waals surface area (Å²) >= 11 is 0. The van der Waals surface area contributed by atoms with Gasteiger partial charge in [-0.2, -0.15) is 5.10 Å². The first-order valence-electron chi connectivity index (χ1n) is 10.1. The van der Waals surface area contributed by atoms with Crippen LogP contribution in [0.2, 0.25) is 0 Å². The number of ether oxygens (including phenoxy) is 1. The lowest BCUT2D eigenvalue weighted by molar-refractivity contribution is 0.306. The topological polar surface area (TPSA) is 59.4 Å². The van der Waals surface area contributed by atoms with Crippen molar-refractivity contribution in [1.82, 2.24) is 9.97 Å². The molecule has 0 aliphatic carbocycles. The molecule has 0 saturated carbocycles. The molecule has 0 aliphatic heterocycles. The minimum absolute atomic E-state index is 0.691. The summed E-state index contributed by atoms with van der Waals surface area (Å²) < 4.78 is 5.74. The van der Waals surface area contributed by atoms with Crippen LogP contribution < -0.4 is 10.2 Å². The molecule has 0 atom stereocenters. The Balaban J connectivity index is 1.65. The van der Waals surface area contributed by atoms with Crippen LogP contribution in [0.15, 0.2) is 59.7 Å². The lowest BCUT2D eigenvalue weighted by Gasteiger charge is -2.09. The van der Waals surface area contributed by atoms with E-state index in [4.69, 9.17) is 4.74 Å². The highest BCUT2D eigenvalue weighted by Gasteiger charge is 2.09. The second-order valence-electron chi connectivity index (χ2n) is 6.97. The van der Waals surface area contributed by atoms with E-state index in [1.165, 1.54) is 12.8 Å². The molecule has 0 aliphatic rings.